The Morgan fingerprint density at radius 2 is 1.29 bits per heavy atom. The van der Waals surface area contributed by atoms with Crippen molar-refractivity contribution >= 4 is 18.7 Å². The Morgan fingerprint density at radius 1 is 0.756 bits per heavy atom. The van der Waals surface area contributed by atoms with E-state index in [0.717, 1.165) is 11.1 Å². The summed E-state index contributed by atoms with van der Waals surface area (Å²) in [6.45, 7) is 7.00. The average Bonchev–Trinajstić information content (AvgIpc) is 2.98. The molecule has 0 bridgehead atoms. The third kappa shape index (κ3) is 7.53. The zero-order valence-corrected chi connectivity index (χ0v) is 25.1. The first kappa shape index (κ1) is 30.3. The molecule has 41 heavy (non-hydrogen) atoms. The molecular formula is C36H40O4Si. The molecule has 2 atom stereocenters. The molecule has 0 radical (unpaired) electrons. The summed E-state index contributed by atoms with van der Waals surface area (Å²) in [4.78, 5) is 0. The van der Waals surface area contributed by atoms with E-state index in [2.05, 4.69) is 75.0 Å². The molecule has 0 unspecified atom stereocenters. The number of aromatic hydroxyl groups is 1. The van der Waals surface area contributed by atoms with Gasteiger partial charge in [-0.2, -0.15) is 0 Å². The quantitative estimate of drug-likeness (QED) is 0.142. The minimum atomic E-state index is -2.80. The molecule has 212 valence electrons. The number of rotatable bonds is 11. The van der Waals surface area contributed by atoms with Crippen molar-refractivity contribution < 1.29 is 19.7 Å². The van der Waals surface area contributed by atoms with Crippen LogP contribution < -0.4 is 10.4 Å². The van der Waals surface area contributed by atoms with Gasteiger partial charge < -0.3 is 19.7 Å². The zero-order valence-electron chi connectivity index (χ0n) is 24.1. The van der Waals surface area contributed by atoms with Crippen LogP contribution in [0.3, 0.4) is 0 Å². The fraction of sp³-hybridized carbons (Fsp3) is 0.250. The summed E-state index contributed by atoms with van der Waals surface area (Å²) < 4.78 is 7.14. The molecule has 4 aromatic carbocycles. The van der Waals surface area contributed by atoms with Crippen molar-refractivity contribution in [1.29, 1.82) is 0 Å². The van der Waals surface area contributed by atoms with Gasteiger partial charge in [0.05, 0.1) is 18.8 Å². The Balaban J connectivity index is 1.70. The molecule has 4 nitrogen and oxygen atoms in total. The van der Waals surface area contributed by atoms with E-state index in [1.54, 1.807) is 30.3 Å². The van der Waals surface area contributed by atoms with E-state index in [4.69, 9.17) is 4.43 Å². The normalized spacial score (nSPS) is 13.2. The summed E-state index contributed by atoms with van der Waals surface area (Å²) >= 11 is 0. The van der Waals surface area contributed by atoms with Gasteiger partial charge in [0.2, 0.25) is 0 Å². The molecule has 0 aromatic heterocycles. The smallest absolute Gasteiger partial charge is 0.261 e. The molecule has 5 heteroatoms. The van der Waals surface area contributed by atoms with E-state index < -0.39 is 20.5 Å². The Morgan fingerprint density at radius 3 is 1.83 bits per heavy atom. The van der Waals surface area contributed by atoms with Crippen molar-refractivity contribution in [2.75, 3.05) is 6.61 Å². The highest BCUT2D eigenvalue weighted by Gasteiger charge is 2.50. The Labute approximate surface area is 245 Å². The number of hydrogen-bond acceptors (Lipinski definition) is 4. The second kappa shape index (κ2) is 13.8. The first-order valence-electron chi connectivity index (χ1n) is 14.1. The monoisotopic (exact) mass is 564 g/mol. The fourth-order valence-electron chi connectivity index (χ4n) is 5.33. The van der Waals surface area contributed by atoms with Crippen molar-refractivity contribution in [3.05, 3.63) is 144 Å². The van der Waals surface area contributed by atoms with Gasteiger partial charge in [-0.25, -0.2) is 0 Å². The van der Waals surface area contributed by atoms with Gasteiger partial charge in [0.1, 0.15) is 5.75 Å². The zero-order chi connectivity index (χ0) is 29.3. The van der Waals surface area contributed by atoms with Crippen molar-refractivity contribution in [3.63, 3.8) is 0 Å². The summed E-state index contributed by atoms with van der Waals surface area (Å²) in [5.41, 5.74) is 5.65. The molecule has 0 heterocycles. The minimum absolute atomic E-state index is 0.117. The van der Waals surface area contributed by atoms with Crippen molar-refractivity contribution in [1.82, 2.24) is 0 Å². The highest BCUT2D eigenvalue weighted by Crippen LogP contribution is 2.37. The van der Waals surface area contributed by atoms with Gasteiger partial charge >= 0.3 is 0 Å². The topological polar surface area (TPSA) is 69.9 Å². The molecule has 0 amide bonds. The number of phenols is 1. The van der Waals surface area contributed by atoms with Crippen LogP contribution in [0, 0.1) is 0 Å². The number of aliphatic hydroxyl groups is 2. The van der Waals surface area contributed by atoms with Crippen molar-refractivity contribution in [2.24, 2.45) is 0 Å². The summed E-state index contributed by atoms with van der Waals surface area (Å²) in [6, 6.07) is 37.2. The molecule has 0 fully saturated rings. The van der Waals surface area contributed by atoms with E-state index in [0.29, 0.717) is 18.4 Å². The molecule has 4 rings (SSSR count). The molecule has 0 saturated heterocycles. The maximum atomic E-state index is 11.1. The third-order valence-electron chi connectivity index (χ3n) is 7.41. The van der Waals surface area contributed by atoms with Crippen molar-refractivity contribution in [2.45, 2.75) is 50.9 Å². The summed E-state index contributed by atoms with van der Waals surface area (Å²) in [7, 11) is -2.80. The second-order valence-corrected chi connectivity index (χ2v) is 15.7. The first-order chi connectivity index (χ1) is 19.7. The van der Waals surface area contributed by atoms with Gasteiger partial charge in [-0.15, -0.1) is 5.73 Å². The summed E-state index contributed by atoms with van der Waals surface area (Å²) in [5.74, 6) is 0.117. The average molecular weight is 565 g/mol. The number of hydrogen-bond donors (Lipinski definition) is 3. The van der Waals surface area contributed by atoms with Crippen LogP contribution >= 0.6 is 0 Å². The highest BCUT2D eigenvalue weighted by molar-refractivity contribution is 6.99. The fourth-order valence-corrected chi connectivity index (χ4v) is 9.87. The standard InChI is InChI=1S/C36H40O4Si/c1-36(2,3)41(32-20-9-5-10-21-32,33-22-11-6-12-23-33)40-27-28(25-35(39)29-16-7-4-8-17-29)15-13-24-34(38)30-18-14-19-31(37)26-30/h4-14,16-23,26,34-35,37-39H,24-25,27H2,1-3H3/t15?,34-,35-/m1/s1. The lowest BCUT2D eigenvalue weighted by Gasteiger charge is -2.43. The van der Waals surface area contributed by atoms with Crippen LogP contribution in [-0.4, -0.2) is 30.2 Å². The number of benzene rings is 4. The van der Waals surface area contributed by atoms with Gasteiger partial charge in [-0.3, -0.25) is 0 Å². The maximum absolute atomic E-state index is 11.1. The van der Waals surface area contributed by atoms with Crippen LogP contribution in [-0.2, 0) is 4.43 Å². The highest BCUT2D eigenvalue weighted by atomic mass is 28.4. The second-order valence-electron chi connectivity index (χ2n) is 11.4. The molecule has 0 saturated carbocycles. The van der Waals surface area contributed by atoms with E-state index in [9.17, 15) is 15.3 Å². The Bertz CT molecular complexity index is 1400. The third-order valence-corrected chi connectivity index (χ3v) is 12.4. The van der Waals surface area contributed by atoms with E-state index in [1.807, 2.05) is 42.5 Å². The molecular weight excluding hydrogens is 524 g/mol. The first-order valence-corrected chi connectivity index (χ1v) is 16.0. The van der Waals surface area contributed by atoms with E-state index >= 15 is 0 Å². The Hall–Kier alpha value is -3.70. The minimum Gasteiger partial charge on any atom is -0.508 e. The van der Waals surface area contributed by atoms with Gasteiger partial charge in [0, 0.05) is 12.8 Å². The van der Waals surface area contributed by atoms with Gasteiger partial charge in [0.15, 0.2) is 0 Å². The lowest BCUT2D eigenvalue weighted by Crippen LogP contribution is -2.66. The van der Waals surface area contributed by atoms with Crippen LogP contribution in [0.4, 0.5) is 0 Å². The van der Waals surface area contributed by atoms with Crippen LogP contribution in [0.25, 0.3) is 0 Å². The van der Waals surface area contributed by atoms with Crippen LogP contribution in [0.5, 0.6) is 5.75 Å². The van der Waals surface area contributed by atoms with Crippen LogP contribution in [0.1, 0.15) is 56.9 Å². The van der Waals surface area contributed by atoms with Gasteiger partial charge in [-0.1, -0.05) is 124 Å². The van der Waals surface area contributed by atoms with Gasteiger partial charge in [-0.05, 0) is 50.3 Å². The molecule has 3 N–H and O–H groups in total. The molecule has 0 spiro atoms. The maximum Gasteiger partial charge on any atom is 0.261 e. The van der Waals surface area contributed by atoms with E-state index in [1.165, 1.54) is 10.4 Å². The molecule has 0 aliphatic heterocycles. The van der Waals surface area contributed by atoms with Crippen LogP contribution in [0.15, 0.2) is 133 Å². The molecule has 0 aliphatic carbocycles. The van der Waals surface area contributed by atoms with Crippen molar-refractivity contribution in [3.8, 4) is 5.75 Å². The lowest BCUT2D eigenvalue weighted by molar-refractivity contribution is 0.173. The Kier molecular flexibility index (Phi) is 10.2. The SMILES string of the molecule is CC(C)(C)[Si](OCC(=C=CC[C@@H](O)c1cccc(O)c1)C[C@@H](O)c1ccccc1)(c1ccccc1)c1ccccc1. The largest absolute Gasteiger partial charge is 0.508 e. The number of aliphatic hydroxyl groups excluding tert-OH is 2. The summed E-state index contributed by atoms with van der Waals surface area (Å²) in [6.07, 6.45) is 0.962. The van der Waals surface area contributed by atoms with E-state index in [-0.39, 0.29) is 17.4 Å². The van der Waals surface area contributed by atoms with Crippen LogP contribution in [0.2, 0.25) is 5.04 Å². The predicted octanol–water partition coefficient (Wildman–Crippen LogP) is 6.60. The summed E-state index contributed by atoms with van der Waals surface area (Å²) in [5, 5.41) is 33.8. The predicted molar refractivity (Wildman–Crippen MR) is 169 cm³/mol. The lowest BCUT2D eigenvalue weighted by atomic mass is 10.0. The number of phenolic OH excluding ortho intramolecular Hbond substituents is 1. The molecule has 0 aliphatic rings. The van der Waals surface area contributed by atoms with Gasteiger partial charge in [0.25, 0.3) is 8.32 Å². The molecule has 4 aromatic rings.